The second-order valence-corrected chi connectivity index (χ2v) is 5.76. The maximum Gasteiger partial charge on any atom is 0.242 e. The Morgan fingerprint density at radius 3 is 2.16 bits per heavy atom. The van der Waals surface area contributed by atoms with Crippen molar-refractivity contribution >= 4 is 21.4 Å². The molecule has 0 aliphatic rings. The molecule has 0 saturated carbocycles. The Bertz CT molecular complexity index is 647. The van der Waals surface area contributed by atoms with Crippen LogP contribution in [0.1, 0.15) is 0 Å². The summed E-state index contributed by atoms with van der Waals surface area (Å²) in [5, 5.41) is 20.5. The quantitative estimate of drug-likeness (QED) is 0.645. The lowest BCUT2D eigenvalue weighted by Gasteiger charge is -2.11. The zero-order valence-electron chi connectivity index (χ0n) is 10.3. The molecule has 0 unspecified atom stereocenters. The Morgan fingerprint density at radius 2 is 1.74 bits per heavy atom. The van der Waals surface area contributed by atoms with Gasteiger partial charge in [0.25, 0.3) is 0 Å². The van der Waals surface area contributed by atoms with E-state index in [1.165, 1.54) is 38.4 Å². The highest BCUT2D eigenvalue weighted by molar-refractivity contribution is 7.89. The van der Waals surface area contributed by atoms with Gasteiger partial charge in [-0.1, -0.05) is 0 Å². The van der Waals surface area contributed by atoms with E-state index < -0.39 is 10.0 Å². The number of rotatable bonds is 4. The second kappa shape index (κ2) is 5.96. The van der Waals surface area contributed by atoms with E-state index in [1.54, 1.807) is 12.1 Å². The molecule has 8 heteroatoms. The van der Waals surface area contributed by atoms with Crippen molar-refractivity contribution in [2.45, 2.75) is 4.90 Å². The average Bonchev–Trinajstić information content (AvgIpc) is 2.40. The van der Waals surface area contributed by atoms with Gasteiger partial charge < -0.3 is 0 Å². The Morgan fingerprint density at radius 1 is 1.21 bits per heavy atom. The molecule has 0 atom stereocenters. The minimum atomic E-state index is -3.47. The number of hydrogen-bond donors (Lipinski definition) is 1. The molecular formula is C11H11N5O2S. The van der Waals surface area contributed by atoms with E-state index in [9.17, 15) is 8.42 Å². The summed E-state index contributed by atoms with van der Waals surface area (Å²) < 4.78 is 24.7. The smallest absolute Gasteiger partial charge is 0.242 e. The summed E-state index contributed by atoms with van der Waals surface area (Å²) in [6, 6.07) is 8.99. The minimum absolute atomic E-state index is 0.146. The van der Waals surface area contributed by atoms with Gasteiger partial charge >= 0.3 is 0 Å². The standard InChI is InChI=1S/C11H11N5O2S/c1-16(2)19(17,18)11-5-3-9(4-6-11)14-15-10(7-12)8-13/h3-6,14H,1-2H3. The summed E-state index contributed by atoms with van der Waals surface area (Å²) in [6.45, 7) is 0. The maximum atomic E-state index is 11.8. The normalized spacial score (nSPS) is 10.4. The Kier molecular flexibility index (Phi) is 4.59. The SMILES string of the molecule is CN(C)S(=O)(=O)c1ccc(NN=C(C#N)C#N)cc1. The van der Waals surface area contributed by atoms with Gasteiger partial charge in [-0.15, -0.1) is 0 Å². The number of nitriles is 2. The van der Waals surface area contributed by atoms with Gasteiger partial charge in [-0.05, 0) is 24.3 Å². The largest absolute Gasteiger partial charge is 0.277 e. The van der Waals surface area contributed by atoms with E-state index in [0.29, 0.717) is 5.69 Å². The van der Waals surface area contributed by atoms with Crippen molar-refractivity contribution in [2.24, 2.45) is 5.10 Å². The van der Waals surface area contributed by atoms with Crippen molar-refractivity contribution in [3.05, 3.63) is 24.3 Å². The second-order valence-electron chi connectivity index (χ2n) is 3.61. The van der Waals surface area contributed by atoms with Gasteiger partial charge in [0, 0.05) is 14.1 Å². The third-order valence-electron chi connectivity index (χ3n) is 2.14. The lowest BCUT2D eigenvalue weighted by Crippen LogP contribution is -2.22. The van der Waals surface area contributed by atoms with E-state index in [4.69, 9.17) is 10.5 Å². The van der Waals surface area contributed by atoms with Crippen LogP contribution in [0.2, 0.25) is 0 Å². The highest BCUT2D eigenvalue weighted by Gasteiger charge is 2.16. The maximum absolute atomic E-state index is 11.8. The molecule has 0 aliphatic heterocycles. The first-order chi connectivity index (χ1) is 8.91. The number of sulfonamides is 1. The first kappa shape index (κ1) is 14.6. The summed E-state index contributed by atoms with van der Waals surface area (Å²) in [5.41, 5.74) is 2.65. The summed E-state index contributed by atoms with van der Waals surface area (Å²) in [7, 11) is -0.584. The molecule has 7 nitrogen and oxygen atoms in total. The number of nitrogens with one attached hydrogen (secondary N) is 1. The summed E-state index contributed by atoms with van der Waals surface area (Å²) in [6.07, 6.45) is 0. The van der Waals surface area contributed by atoms with Crippen molar-refractivity contribution in [1.29, 1.82) is 10.5 Å². The number of benzene rings is 1. The molecule has 1 aromatic rings. The van der Waals surface area contributed by atoms with Crippen molar-refractivity contribution in [2.75, 3.05) is 19.5 Å². The molecule has 0 aromatic heterocycles. The van der Waals surface area contributed by atoms with Crippen LogP contribution in [0.15, 0.2) is 34.3 Å². The van der Waals surface area contributed by atoms with Crippen LogP contribution < -0.4 is 5.43 Å². The average molecular weight is 277 g/mol. The van der Waals surface area contributed by atoms with Gasteiger partial charge in [0.15, 0.2) is 0 Å². The molecule has 0 spiro atoms. The molecule has 1 aromatic carbocycles. The van der Waals surface area contributed by atoms with Crippen LogP contribution in [0.5, 0.6) is 0 Å². The first-order valence-corrected chi connectivity index (χ1v) is 6.52. The predicted octanol–water partition coefficient (Wildman–Crippen LogP) is 0.752. The van der Waals surface area contributed by atoms with Gasteiger partial charge in [0.2, 0.25) is 15.7 Å². The molecule has 98 valence electrons. The van der Waals surface area contributed by atoms with Crippen LogP contribution in [0.25, 0.3) is 0 Å². The number of anilines is 1. The fraction of sp³-hybridized carbons (Fsp3) is 0.182. The molecule has 0 fully saturated rings. The molecule has 0 saturated heterocycles. The fourth-order valence-corrected chi connectivity index (χ4v) is 2.01. The number of hydrogen-bond acceptors (Lipinski definition) is 6. The van der Waals surface area contributed by atoms with Crippen LogP contribution in [0.4, 0.5) is 5.69 Å². The Hall–Kier alpha value is -2.42. The zero-order chi connectivity index (χ0) is 14.5. The van der Waals surface area contributed by atoms with Gasteiger partial charge in [-0.25, -0.2) is 12.7 Å². The first-order valence-electron chi connectivity index (χ1n) is 5.08. The Labute approximate surface area is 111 Å². The molecule has 0 radical (unpaired) electrons. The molecule has 0 aliphatic carbocycles. The van der Waals surface area contributed by atoms with Crippen molar-refractivity contribution in [3.63, 3.8) is 0 Å². The highest BCUT2D eigenvalue weighted by Crippen LogP contribution is 2.16. The lowest BCUT2D eigenvalue weighted by atomic mass is 10.3. The third-order valence-corrected chi connectivity index (χ3v) is 3.97. The van der Waals surface area contributed by atoms with E-state index in [2.05, 4.69) is 10.5 Å². The van der Waals surface area contributed by atoms with E-state index in [-0.39, 0.29) is 10.6 Å². The minimum Gasteiger partial charge on any atom is -0.277 e. The van der Waals surface area contributed by atoms with Crippen LogP contribution in [0.3, 0.4) is 0 Å². The van der Waals surface area contributed by atoms with Gasteiger partial charge in [-0.2, -0.15) is 15.6 Å². The van der Waals surface area contributed by atoms with Gasteiger partial charge in [0.1, 0.15) is 12.1 Å². The highest BCUT2D eigenvalue weighted by atomic mass is 32.2. The monoisotopic (exact) mass is 277 g/mol. The molecule has 0 heterocycles. The van der Waals surface area contributed by atoms with Crippen molar-refractivity contribution in [3.8, 4) is 12.1 Å². The van der Waals surface area contributed by atoms with Crippen LogP contribution in [-0.4, -0.2) is 32.5 Å². The lowest BCUT2D eigenvalue weighted by molar-refractivity contribution is 0.521. The van der Waals surface area contributed by atoms with Gasteiger partial charge in [-0.3, -0.25) is 5.43 Å². The molecule has 1 rings (SSSR count). The van der Waals surface area contributed by atoms with E-state index in [0.717, 1.165) is 4.31 Å². The molecule has 19 heavy (non-hydrogen) atoms. The van der Waals surface area contributed by atoms with E-state index in [1.807, 2.05) is 0 Å². The summed E-state index contributed by atoms with van der Waals surface area (Å²) in [5.74, 6) is 0. The number of hydrazone groups is 1. The summed E-state index contributed by atoms with van der Waals surface area (Å²) in [4.78, 5) is 0.146. The fourth-order valence-electron chi connectivity index (χ4n) is 1.11. The molecule has 1 N–H and O–H groups in total. The van der Waals surface area contributed by atoms with Gasteiger partial charge in [0.05, 0.1) is 10.6 Å². The van der Waals surface area contributed by atoms with Crippen molar-refractivity contribution in [1.82, 2.24) is 4.31 Å². The summed E-state index contributed by atoms with van der Waals surface area (Å²) >= 11 is 0. The topological polar surface area (TPSA) is 109 Å². The zero-order valence-corrected chi connectivity index (χ0v) is 11.1. The van der Waals surface area contributed by atoms with Crippen molar-refractivity contribution < 1.29 is 8.42 Å². The number of nitrogens with zero attached hydrogens (tertiary/aromatic N) is 4. The predicted molar refractivity (Wildman–Crippen MR) is 69.6 cm³/mol. The molecule has 0 amide bonds. The third kappa shape index (κ3) is 3.52. The van der Waals surface area contributed by atoms with Crippen LogP contribution in [-0.2, 0) is 10.0 Å². The Balaban J connectivity index is 2.94. The van der Waals surface area contributed by atoms with Crippen LogP contribution in [0, 0.1) is 22.7 Å². The van der Waals surface area contributed by atoms with Crippen LogP contribution >= 0.6 is 0 Å². The molecular weight excluding hydrogens is 266 g/mol. The van der Waals surface area contributed by atoms with E-state index >= 15 is 0 Å². The molecule has 0 bridgehead atoms.